The van der Waals surface area contributed by atoms with Crippen molar-refractivity contribution in [1.82, 2.24) is 0 Å². The molecule has 0 fully saturated rings. The Kier molecular flexibility index (Phi) is 7.45. The molecule has 0 saturated carbocycles. The molecule has 0 aliphatic heterocycles. The highest BCUT2D eigenvalue weighted by molar-refractivity contribution is 7.86. The van der Waals surface area contributed by atoms with Gasteiger partial charge in [-0.1, -0.05) is 29.8 Å². The van der Waals surface area contributed by atoms with E-state index in [-0.39, 0.29) is 21.2 Å². The number of halogens is 4. The van der Waals surface area contributed by atoms with Crippen molar-refractivity contribution < 1.29 is 47.3 Å². The third-order valence-electron chi connectivity index (χ3n) is 3.13. The van der Waals surface area contributed by atoms with Crippen molar-refractivity contribution in [2.75, 3.05) is 0 Å². The van der Waals surface area contributed by atoms with Crippen molar-refractivity contribution in [3.05, 3.63) is 65.8 Å². The second-order valence-electron chi connectivity index (χ2n) is 5.50. The molecule has 0 amide bonds. The molecule has 0 unspecified atom stereocenters. The van der Waals surface area contributed by atoms with Crippen molar-refractivity contribution in [3.8, 4) is 0 Å². The van der Waals surface area contributed by atoms with Crippen molar-refractivity contribution in [2.45, 2.75) is 33.2 Å². The summed E-state index contributed by atoms with van der Waals surface area (Å²) in [5, 5.41) is 0. The van der Waals surface area contributed by atoms with E-state index in [1.54, 1.807) is 7.14 Å². The predicted octanol–water partition coefficient (Wildman–Crippen LogP) is 1.10. The van der Waals surface area contributed by atoms with Crippen LogP contribution in [0, 0.1) is 34.8 Å². The molecule has 25 heavy (non-hydrogen) atoms. The minimum Gasteiger partial charge on any atom is -0.741 e. The molecule has 138 valence electrons. The fourth-order valence-corrected chi connectivity index (χ4v) is 4.63. The second-order valence-corrected chi connectivity index (χ2v) is 9.73. The minimum atomic E-state index is -6.09. The van der Waals surface area contributed by atoms with Crippen molar-refractivity contribution in [1.29, 1.82) is 0 Å². The summed E-state index contributed by atoms with van der Waals surface area (Å²) in [5.74, 6) is 0. The van der Waals surface area contributed by atoms with Gasteiger partial charge in [-0.05, 0) is 45.4 Å². The van der Waals surface area contributed by atoms with Gasteiger partial charge in [0.1, 0.15) is 0 Å². The first-order valence-electron chi connectivity index (χ1n) is 7.13. The summed E-state index contributed by atoms with van der Waals surface area (Å²) in [6.07, 6.45) is 0. The van der Waals surface area contributed by atoms with Gasteiger partial charge < -0.3 is 4.55 Å². The lowest BCUT2D eigenvalue weighted by Crippen LogP contribution is -3.62. The van der Waals surface area contributed by atoms with Crippen molar-refractivity contribution in [2.24, 2.45) is 0 Å². The second kappa shape index (κ2) is 8.50. The van der Waals surface area contributed by atoms with Crippen LogP contribution in [0.5, 0.6) is 0 Å². The van der Waals surface area contributed by atoms with Gasteiger partial charge in [-0.15, -0.1) is 0 Å². The third kappa shape index (κ3) is 6.95. The van der Waals surface area contributed by atoms with Gasteiger partial charge in [0.2, 0.25) is 0 Å². The lowest BCUT2D eigenvalue weighted by molar-refractivity contribution is -0.598. The highest BCUT2D eigenvalue weighted by Crippen LogP contribution is 2.20. The minimum absolute atomic E-state index is 0.0443. The highest BCUT2D eigenvalue weighted by Gasteiger charge is 2.36. The summed E-state index contributed by atoms with van der Waals surface area (Å²) < 4.78 is 62.0. The molecule has 3 nitrogen and oxygen atoms in total. The zero-order valence-electron chi connectivity index (χ0n) is 14.1. The van der Waals surface area contributed by atoms with Crippen LogP contribution in [-0.4, -0.2) is 18.5 Å². The van der Waals surface area contributed by atoms with E-state index in [4.69, 9.17) is 13.0 Å². The molecule has 0 spiro atoms. The Bertz CT molecular complexity index is 847. The summed E-state index contributed by atoms with van der Waals surface area (Å²) in [6, 6.07) is 13.6. The van der Waals surface area contributed by atoms with Gasteiger partial charge in [-0.2, -0.15) is 13.2 Å². The van der Waals surface area contributed by atoms with E-state index in [2.05, 4.69) is 64.1 Å². The Balaban J connectivity index is 0.000000333. The van der Waals surface area contributed by atoms with Crippen molar-refractivity contribution in [3.63, 3.8) is 0 Å². The lowest BCUT2D eigenvalue weighted by Gasteiger charge is -2.08. The smallest absolute Gasteiger partial charge is 0.485 e. The summed E-state index contributed by atoms with van der Waals surface area (Å²) >= 11 is -0.0443. The van der Waals surface area contributed by atoms with Crippen LogP contribution in [0.3, 0.4) is 0 Å². The first-order chi connectivity index (χ1) is 11.3. The molecule has 0 bridgehead atoms. The van der Waals surface area contributed by atoms with Gasteiger partial charge >= 0.3 is 26.7 Å². The van der Waals surface area contributed by atoms with Gasteiger partial charge in [-0.3, -0.25) is 0 Å². The van der Waals surface area contributed by atoms with Crippen LogP contribution >= 0.6 is 0 Å². The summed E-state index contributed by atoms with van der Waals surface area (Å²) in [4.78, 5) is 0. The Hall–Kier alpha value is -1.13. The number of hydrogen-bond donors (Lipinski definition) is 0. The van der Waals surface area contributed by atoms with E-state index < -0.39 is 15.6 Å². The number of aryl methyl sites for hydroxylation is 4. The molecule has 0 atom stereocenters. The number of benzene rings is 2. The van der Waals surface area contributed by atoms with Crippen LogP contribution in [0.15, 0.2) is 36.4 Å². The third-order valence-corrected chi connectivity index (χ3v) is 7.23. The van der Waals surface area contributed by atoms with Gasteiger partial charge in [0, 0.05) is 11.1 Å². The van der Waals surface area contributed by atoms with E-state index in [0.29, 0.717) is 0 Å². The van der Waals surface area contributed by atoms with Crippen LogP contribution < -0.4 is 21.2 Å². The van der Waals surface area contributed by atoms with Gasteiger partial charge in [0.25, 0.3) is 0 Å². The zero-order chi connectivity index (χ0) is 19.4. The molecular weight excluding hydrogens is 468 g/mol. The standard InChI is InChI=1S/C16H18I.CHF3O3S/c1-11-6-8-15(14(4)9-11)17-16-10-12(2)5-7-13(16)3;2-1(3,4)8(5,6)7/h5-10H,1-4H3;(H,5,6,7)/q+1;/p-1. The molecule has 0 aromatic heterocycles. The van der Waals surface area contributed by atoms with Crippen LogP contribution in [-0.2, 0) is 10.1 Å². The largest absolute Gasteiger partial charge is 0.741 e. The fourth-order valence-electron chi connectivity index (χ4n) is 1.81. The average molecular weight is 486 g/mol. The molecule has 0 N–H and O–H groups in total. The monoisotopic (exact) mass is 486 g/mol. The molecule has 0 saturated heterocycles. The number of rotatable bonds is 2. The van der Waals surface area contributed by atoms with Crippen LogP contribution in [0.2, 0.25) is 0 Å². The van der Waals surface area contributed by atoms with Gasteiger partial charge in [-0.25, -0.2) is 8.42 Å². The first kappa shape index (κ1) is 21.9. The van der Waals surface area contributed by atoms with E-state index in [0.717, 1.165) is 0 Å². The molecule has 0 aliphatic carbocycles. The normalized spacial score (nSPS) is 11.7. The molecular formula is C17H18F3IO3S. The van der Waals surface area contributed by atoms with Crippen molar-refractivity contribution >= 4 is 10.1 Å². The molecule has 2 aromatic rings. The first-order valence-corrected chi connectivity index (χ1v) is 10.7. The quantitative estimate of drug-likeness (QED) is 0.363. The Morgan fingerprint density at radius 3 is 1.80 bits per heavy atom. The molecule has 0 aliphatic rings. The molecule has 0 radical (unpaired) electrons. The van der Waals surface area contributed by atoms with Gasteiger partial charge in [0.05, 0.1) is 0 Å². The van der Waals surface area contributed by atoms with E-state index >= 15 is 0 Å². The molecule has 0 heterocycles. The maximum Gasteiger partial charge on any atom is 0.485 e. The predicted molar refractivity (Wildman–Crippen MR) is 85.0 cm³/mol. The topological polar surface area (TPSA) is 57.2 Å². The maximum absolute atomic E-state index is 10.7. The summed E-state index contributed by atoms with van der Waals surface area (Å²) in [7, 11) is -6.09. The SMILES string of the molecule is Cc1ccc([I+]c2cc(C)ccc2C)c(C)c1.O=S(=O)([O-])C(F)(F)F. The van der Waals surface area contributed by atoms with E-state index in [1.807, 2.05) is 0 Å². The Morgan fingerprint density at radius 1 is 0.840 bits per heavy atom. The molecule has 8 heteroatoms. The van der Waals surface area contributed by atoms with Crippen LogP contribution in [0.1, 0.15) is 22.3 Å². The van der Waals surface area contributed by atoms with Crippen LogP contribution in [0.25, 0.3) is 0 Å². The van der Waals surface area contributed by atoms with Crippen LogP contribution in [0.4, 0.5) is 13.2 Å². The molecule has 2 aromatic carbocycles. The van der Waals surface area contributed by atoms with E-state index in [1.165, 1.54) is 22.3 Å². The summed E-state index contributed by atoms with van der Waals surface area (Å²) in [5.41, 5.74) is -0.0409. The Labute approximate surface area is 156 Å². The number of hydrogen-bond acceptors (Lipinski definition) is 3. The zero-order valence-corrected chi connectivity index (χ0v) is 17.1. The molecule has 2 rings (SSSR count). The fraction of sp³-hybridized carbons (Fsp3) is 0.294. The van der Waals surface area contributed by atoms with E-state index in [9.17, 15) is 13.2 Å². The Morgan fingerprint density at radius 2 is 1.32 bits per heavy atom. The summed E-state index contributed by atoms with van der Waals surface area (Å²) in [6.45, 7) is 8.78. The number of alkyl halides is 3. The lowest BCUT2D eigenvalue weighted by atomic mass is 10.2. The maximum atomic E-state index is 10.7. The highest BCUT2D eigenvalue weighted by atomic mass is 127. The average Bonchev–Trinajstić information content (AvgIpc) is 2.44. The van der Waals surface area contributed by atoms with Gasteiger partial charge in [0.15, 0.2) is 17.3 Å².